The summed E-state index contributed by atoms with van der Waals surface area (Å²) in [4.78, 5) is 80.6. The molecule has 2 aliphatic heterocycles. The Morgan fingerprint density at radius 2 is 1.43 bits per heavy atom. The van der Waals surface area contributed by atoms with Crippen LogP contribution < -0.4 is 27.4 Å². The number of aromatic nitrogens is 6. The Kier molecular flexibility index (Phi) is 22.5. The molecule has 5 heterocycles. The maximum atomic E-state index is 14.5. The van der Waals surface area contributed by atoms with Gasteiger partial charge in [0.1, 0.15) is 24.4 Å². The number of imidazole rings is 1. The molecule has 9 atom stereocenters. The molecule has 21 nitrogen and oxygen atoms in total. The van der Waals surface area contributed by atoms with Gasteiger partial charge in [0.15, 0.2) is 23.6 Å². The van der Waals surface area contributed by atoms with E-state index in [-0.39, 0.29) is 55.2 Å². The number of nitrogens with two attached hydrogens (primary N) is 1. The van der Waals surface area contributed by atoms with Crippen LogP contribution in [0.25, 0.3) is 11.2 Å². The summed E-state index contributed by atoms with van der Waals surface area (Å²) >= 11 is 0. The second-order valence-corrected chi connectivity index (χ2v) is 20.2. The van der Waals surface area contributed by atoms with Gasteiger partial charge in [-0.1, -0.05) is 96.8 Å². The van der Waals surface area contributed by atoms with E-state index in [0.717, 1.165) is 25.7 Å². The Labute approximate surface area is 405 Å². The fraction of sp³-hybridized carbons (Fsp3) is 0.787. The van der Waals surface area contributed by atoms with Crippen LogP contribution in [0.4, 0.5) is 5.95 Å². The molecule has 0 aliphatic carbocycles. The van der Waals surface area contributed by atoms with Crippen molar-refractivity contribution >= 4 is 30.8 Å². The quantitative estimate of drug-likeness (QED) is 0.0487. The molecule has 1 unspecified atom stereocenters. The molecule has 2 saturated heterocycles. The minimum absolute atomic E-state index is 0.0357. The number of H-pyrrole nitrogens is 2. The Morgan fingerprint density at radius 1 is 0.841 bits per heavy atom. The van der Waals surface area contributed by atoms with E-state index in [0.29, 0.717) is 12.8 Å². The first-order valence-electron chi connectivity index (χ1n) is 25.0. The van der Waals surface area contributed by atoms with Crippen molar-refractivity contribution in [2.24, 2.45) is 5.92 Å². The number of carbonyl (C=O) groups excluding carboxylic acids is 1. The summed E-state index contributed by atoms with van der Waals surface area (Å²) in [5.41, 5.74) is 4.13. The Morgan fingerprint density at radius 3 is 2.01 bits per heavy atom. The number of carbonyl (C=O) groups is 1. The van der Waals surface area contributed by atoms with E-state index in [9.17, 15) is 28.6 Å². The molecule has 0 spiro atoms. The summed E-state index contributed by atoms with van der Waals surface area (Å²) in [5.74, 6) is -0.799. The molecule has 4 N–H and O–H groups in total. The van der Waals surface area contributed by atoms with Gasteiger partial charge in [-0.2, -0.15) is 4.98 Å². The molecule has 1 amide bonds. The largest absolute Gasteiger partial charge is 0.756 e. The molecule has 0 radical (unpaired) electrons. The van der Waals surface area contributed by atoms with Gasteiger partial charge in [0.2, 0.25) is 11.9 Å². The number of aromatic amines is 2. The summed E-state index contributed by atoms with van der Waals surface area (Å²) in [7, 11) is -2.14. The molecule has 5 rings (SSSR count). The van der Waals surface area contributed by atoms with Crippen LogP contribution in [-0.2, 0) is 42.1 Å². The standard InChI is InChI=1S/C47H79N8O13P/c1-8-9-10-11-12-13-14-15-16-17-18-19-20-21-22-23-37(57)53(26-24-33-35(29-64-31(2)3)66-44(39(33)62-6)54-27-25-36(56)50-47(54)59)28-34-40(68-69(60,61)67-32(4)5)41(63-7)45(65-34)55-30-49-38-42(55)51-46(48)52-43(38)58/h25,27,30-35,39-41,44-45H,8-24,26,28-29H2,1-7H3,(H,60,61)(H,50,56,59)(H3,48,51,52,58)/p-1/t33-,34-,35-,39-,40-,41-,44-,45-/m1/s1. The highest BCUT2D eigenvalue weighted by molar-refractivity contribution is 7.45. The Bertz CT molecular complexity index is 2250. The van der Waals surface area contributed by atoms with Crippen LogP contribution in [0.5, 0.6) is 0 Å². The van der Waals surface area contributed by atoms with E-state index in [1.807, 2.05) is 13.8 Å². The van der Waals surface area contributed by atoms with Crippen molar-refractivity contribution in [2.45, 2.75) is 199 Å². The minimum Gasteiger partial charge on any atom is -0.756 e. The van der Waals surface area contributed by atoms with E-state index in [1.165, 1.54) is 106 Å². The number of methoxy groups -OCH3 is 2. The first-order chi connectivity index (χ1) is 33.1. The van der Waals surface area contributed by atoms with Gasteiger partial charge >= 0.3 is 5.69 Å². The lowest BCUT2D eigenvalue weighted by Gasteiger charge is -2.34. The Hall–Kier alpha value is -3.79. The van der Waals surface area contributed by atoms with Crippen LogP contribution >= 0.6 is 7.82 Å². The van der Waals surface area contributed by atoms with Crippen LogP contribution in [0.15, 0.2) is 33.0 Å². The molecule has 0 aromatic carbocycles. The van der Waals surface area contributed by atoms with Crippen molar-refractivity contribution in [1.29, 1.82) is 0 Å². The monoisotopic (exact) mass is 994 g/mol. The Balaban J connectivity index is 1.36. The number of amides is 1. The van der Waals surface area contributed by atoms with Gasteiger partial charge in [0.25, 0.3) is 18.9 Å². The maximum Gasteiger partial charge on any atom is 0.330 e. The number of nitrogens with one attached hydrogen (secondary N) is 2. The molecule has 3 aromatic heterocycles. The topological polar surface area (TPSA) is 270 Å². The number of phosphoric ester groups is 1. The van der Waals surface area contributed by atoms with E-state index in [4.69, 9.17) is 38.5 Å². The smallest absolute Gasteiger partial charge is 0.330 e. The number of hydrogen-bond donors (Lipinski definition) is 3. The number of nitrogen functional groups attached to an aromatic ring is 1. The third-order valence-corrected chi connectivity index (χ3v) is 14.0. The molecule has 69 heavy (non-hydrogen) atoms. The zero-order chi connectivity index (χ0) is 50.1. The average Bonchev–Trinajstić information content (AvgIpc) is 3.97. The number of unbranched alkanes of at least 4 members (excludes halogenated alkanes) is 14. The molecular formula is C47H78N8O13P-. The van der Waals surface area contributed by atoms with Crippen LogP contribution in [-0.4, -0.2) is 117 Å². The molecule has 0 bridgehead atoms. The van der Waals surface area contributed by atoms with Crippen LogP contribution in [0.1, 0.15) is 156 Å². The van der Waals surface area contributed by atoms with Crippen LogP contribution in [0.3, 0.4) is 0 Å². The third kappa shape index (κ3) is 16.4. The van der Waals surface area contributed by atoms with Gasteiger partial charge in [-0.05, 0) is 40.5 Å². The summed E-state index contributed by atoms with van der Waals surface area (Å²) in [5, 5.41) is 0. The van der Waals surface area contributed by atoms with Crippen molar-refractivity contribution in [3.05, 3.63) is 49.8 Å². The van der Waals surface area contributed by atoms with Gasteiger partial charge in [-0.25, -0.2) is 9.78 Å². The predicted octanol–water partition coefficient (Wildman–Crippen LogP) is 5.88. The second kappa shape index (κ2) is 27.7. The van der Waals surface area contributed by atoms with Crippen molar-refractivity contribution in [2.75, 3.05) is 39.6 Å². The van der Waals surface area contributed by atoms with Gasteiger partial charge in [0.05, 0.1) is 31.2 Å². The highest BCUT2D eigenvalue weighted by Gasteiger charge is 2.51. The molecule has 2 fully saturated rings. The number of nitrogens with zero attached hydrogens (tertiary/aromatic N) is 5. The average molecular weight is 994 g/mol. The maximum absolute atomic E-state index is 14.5. The fourth-order valence-electron chi connectivity index (χ4n) is 9.39. The zero-order valence-electron chi connectivity index (χ0n) is 41.7. The second-order valence-electron chi connectivity index (χ2n) is 18.9. The van der Waals surface area contributed by atoms with Gasteiger partial charge < -0.3 is 48.3 Å². The van der Waals surface area contributed by atoms with Crippen LogP contribution in [0.2, 0.25) is 0 Å². The molecule has 22 heteroatoms. The minimum atomic E-state index is -5.00. The van der Waals surface area contributed by atoms with Crippen molar-refractivity contribution < 1.29 is 47.0 Å². The zero-order valence-corrected chi connectivity index (χ0v) is 42.6. The van der Waals surface area contributed by atoms with E-state index in [2.05, 4.69) is 26.9 Å². The van der Waals surface area contributed by atoms with E-state index >= 15 is 0 Å². The summed E-state index contributed by atoms with van der Waals surface area (Å²) in [6, 6.07) is 1.23. The van der Waals surface area contributed by atoms with Crippen molar-refractivity contribution in [1.82, 2.24) is 34.0 Å². The van der Waals surface area contributed by atoms with E-state index in [1.54, 1.807) is 18.7 Å². The molecular weight excluding hydrogens is 916 g/mol. The third-order valence-electron chi connectivity index (χ3n) is 12.8. The lowest BCUT2D eigenvalue weighted by Crippen LogP contribution is -2.46. The molecule has 0 saturated carbocycles. The van der Waals surface area contributed by atoms with Crippen molar-refractivity contribution in [3.8, 4) is 0 Å². The first-order valence-corrected chi connectivity index (χ1v) is 26.5. The molecule has 3 aromatic rings. The number of fused-ring (bicyclic) bond motifs is 1. The van der Waals surface area contributed by atoms with Gasteiger partial charge in [-0.15, -0.1) is 0 Å². The highest BCUT2D eigenvalue weighted by Crippen LogP contribution is 2.47. The summed E-state index contributed by atoms with van der Waals surface area (Å²) in [6.45, 7) is 9.26. The summed E-state index contributed by atoms with van der Waals surface area (Å²) in [6.07, 6.45) is 13.0. The normalized spacial score (nSPS) is 23.7. The number of hydrogen-bond acceptors (Lipinski definition) is 16. The van der Waals surface area contributed by atoms with Gasteiger partial charge in [0, 0.05) is 51.9 Å². The number of rotatable bonds is 32. The van der Waals surface area contributed by atoms with Gasteiger partial charge in [-0.3, -0.25) is 38.1 Å². The lowest BCUT2D eigenvalue weighted by molar-refractivity contribution is -0.236. The number of anilines is 1. The van der Waals surface area contributed by atoms with Crippen molar-refractivity contribution in [3.63, 3.8) is 0 Å². The number of ether oxygens (including phenoxy) is 5. The molecule has 390 valence electrons. The highest BCUT2D eigenvalue weighted by atomic mass is 31.2. The summed E-state index contributed by atoms with van der Waals surface area (Å²) < 4.78 is 58.1. The fourth-order valence-corrected chi connectivity index (χ4v) is 10.5. The van der Waals surface area contributed by atoms with Crippen LogP contribution in [0, 0.1) is 5.92 Å². The SMILES string of the molecule is CCCCCCCCCCCCCCCCCC(=O)N(CC[C@H]1[C@@H](OC)[C@H](n2ccc(=O)[nH]c2=O)O[C@@H]1COC(C)C)C[C@H]1O[C@@H](n2cnc3c(=O)[nH]c(N)nc32)[C@H](OC)[C@@H]1OP(=O)([O-])OC(C)C. The molecule has 2 aliphatic rings. The first kappa shape index (κ1) is 56.1. The lowest BCUT2D eigenvalue weighted by atomic mass is 9.93. The predicted molar refractivity (Wildman–Crippen MR) is 257 cm³/mol. The number of phosphoric acid groups is 1. The van der Waals surface area contributed by atoms with E-state index < -0.39 is 79.6 Å².